The molecular formula is C12H14N2S. The van der Waals surface area contributed by atoms with E-state index in [-0.39, 0.29) is 0 Å². The lowest BCUT2D eigenvalue weighted by atomic mass is 10.1. The van der Waals surface area contributed by atoms with Gasteiger partial charge in [-0.05, 0) is 12.5 Å². The van der Waals surface area contributed by atoms with Crippen molar-refractivity contribution in [2.75, 3.05) is 0 Å². The molecule has 1 N–H and O–H groups in total. The average Bonchev–Trinajstić information content (AvgIpc) is 2.80. The number of hydrogen-bond donors (Lipinski definition) is 1. The van der Waals surface area contributed by atoms with Crippen LogP contribution >= 0.6 is 11.3 Å². The quantitative estimate of drug-likeness (QED) is 0.853. The number of rotatable bonds is 4. The van der Waals surface area contributed by atoms with Crippen LogP contribution in [0, 0.1) is 0 Å². The molecule has 0 aliphatic rings. The van der Waals surface area contributed by atoms with E-state index in [1.54, 1.807) is 11.3 Å². The van der Waals surface area contributed by atoms with Gasteiger partial charge in [-0.2, -0.15) is 0 Å². The lowest BCUT2D eigenvalue weighted by Crippen LogP contribution is -2.18. The molecule has 2 rings (SSSR count). The molecule has 1 heterocycles. The molecule has 0 saturated heterocycles. The maximum absolute atomic E-state index is 4.24. The Hall–Kier alpha value is -1.19. The molecule has 0 aliphatic heterocycles. The highest BCUT2D eigenvalue weighted by Crippen LogP contribution is 2.12. The molecule has 1 atom stereocenters. The van der Waals surface area contributed by atoms with E-state index >= 15 is 0 Å². The predicted molar refractivity (Wildman–Crippen MR) is 63.8 cm³/mol. The summed E-state index contributed by atoms with van der Waals surface area (Å²) >= 11 is 1.64. The molecule has 15 heavy (non-hydrogen) atoms. The summed E-state index contributed by atoms with van der Waals surface area (Å²) in [5.74, 6) is 0. The van der Waals surface area contributed by atoms with E-state index in [9.17, 15) is 0 Å². The Kier molecular flexibility index (Phi) is 3.48. The Balaban J connectivity index is 1.90. The molecule has 2 nitrogen and oxygen atoms in total. The van der Waals surface area contributed by atoms with Gasteiger partial charge in [0.1, 0.15) is 0 Å². The third-order valence-corrected chi connectivity index (χ3v) is 3.01. The van der Waals surface area contributed by atoms with Crippen molar-refractivity contribution >= 4 is 11.3 Å². The maximum Gasteiger partial charge on any atom is 0.0795 e. The fourth-order valence-electron chi connectivity index (χ4n) is 1.44. The normalized spacial score (nSPS) is 12.6. The van der Waals surface area contributed by atoms with Crippen molar-refractivity contribution in [3.63, 3.8) is 0 Å². The maximum atomic E-state index is 4.24. The second-order valence-corrected chi connectivity index (χ2v) is 4.21. The van der Waals surface area contributed by atoms with Gasteiger partial charge in [-0.15, -0.1) is 11.3 Å². The first-order valence-corrected chi connectivity index (χ1v) is 5.96. The van der Waals surface area contributed by atoms with Crippen LogP contribution in [0.2, 0.25) is 0 Å². The van der Waals surface area contributed by atoms with Gasteiger partial charge in [-0.1, -0.05) is 30.3 Å². The number of hydrogen-bond acceptors (Lipinski definition) is 3. The Morgan fingerprint density at radius 3 is 2.80 bits per heavy atom. The van der Waals surface area contributed by atoms with Crippen LogP contribution < -0.4 is 5.32 Å². The molecule has 1 aromatic carbocycles. The molecule has 0 spiro atoms. The molecule has 0 unspecified atom stereocenters. The minimum absolute atomic E-state index is 0.368. The van der Waals surface area contributed by atoms with Crippen molar-refractivity contribution in [3.8, 4) is 0 Å². The van der Waals surface area contributed by atoms with Crippen LogP contribution in [0.5, 0.6) is 0 Å². The Labute approximate surface area is 94.0 Å². The van der Waals surface area contributed by atoms with E-state index in [0.717, 1.165) is 12.2 Å². The van der Waals surface area contributed by atoms with Gasteiger partial charge in [-0.25, -0.2) is 4.98 Å². The van der Waals surface area contributed by atoms with Gasteiger partial charge >= 0.3 is 0 Å². The first kappa shape index (κ1) is 10.3. The lowest BCUT2D eigenvalue weighted by molar-refractivity contribution is 0.569. The predicted octanol–water partition coefficient (Wildman–Crippen LogP) is 2.99. The van der Waals surface area contributed by atoms with Crippen LogP contribution in [0.1, 0.15) is 24.2 Å². The van der Waals surface area contributed by atoms with Crippen LogP contribution in [-0.2, 0) is 6.54 Å². The van der Waals surface area contributed by atoms with Crippen LogP contribution in [-0.4, -0.2) is 4.98 Å². The summed E-state index contributed by atoms with van der Waals surface area (Å²) < 4.78 is 0. The van der Waals surface area contributed by atoms with Gasteiger partial charge < -0.3 is 5.32 Å². The summed E-state index contributed by atoms with van der Waals surface area (Å²) in [5, 5.41) is 5.52. The van der Waals surface area contributed by atoms with E-state index in [1.807, 2.05) is 11.6 Å². The topological polar surface area (TPSA) is 24.9 Å². The number of nitrogens with one attached hydrogen (secondary N) is 1. The highest BCUT2D eigenvalue weighted by molar-refractivity contribution is 7.07. The van der Waals surface area contributed by atoms with Gasteiger partial charge in [0.25, 0.3) is 0 Å². The summed E-state index contributed by atoms with van der Waals surface area (Å²) in [6, 6.07) is 10.8. The smallest absolute Gasteiger partial charge is 0.0795 e. The van der Waals surface area contributed by atoms with Crippen molar-refractivity contribution in [1.82, 2.24) is 10.3 Å². The Bertz CT molecular complexity index is 383. The minimum atomic E-state index is 0.368. The van der Waals surface area contributed by atoms with E-state index in [2.05, 4.69) is 46.9 Å². The van der Waals surface area contributed by atoms with Crippen molar-refractivity contribution in [2.24, 2.45) is 0 Å². The van der Waals surface area contributed by atoms with E-state index in [4.69, 9.17) is 0 Å². The van der Waals surface area contributed by atoms with Crippen molar-refractivity contribution in [3.05, 3.63) is 52.5 Å². The number of thiazole rings is 1. The average molecular weight is 218 g/mol. The summed E-state index contributed by atoms with van der Waals surface area (Å²) in [6.45, 7) is 3.00. The van der Waals surface area contributed by atoms with Gasteiger partial charge in [0.15, 0.2) is 0 Å². The fraction of sp³-hybridized carbons (Fsp3) is 0.250. The first-order chi connectivity index (χ1) is 7.36. The Morgan fingerprint density at radius 1 is 1.33 bits per heavy atom. The summed E-state index contributed by atoms with van der Waals surface area (Å²) in [5.41, 5.74) is 4.29. The number of nitrogens with zero attached hydrogens (tertiary/aromatic N) is 1. The van der Waals surface area contributed by atoms with E-state index in [0.29, 0.717) is 6.04 Å². The van der Waals surface area contributed by atoms with Crippen molar-refractivity contribution in [2.45, 2.75) is 19.5 Å². The minimum Gasteiger partial charge on any atom is -0.305 e. The molecular weight excluding hydrogens is 204 g/mol. The summed E-state index contributed by atoms with van der Waals surface area (Å²) in [6.07, 6.45) is 0. The second-order valence-electron chi connectivity index (χ2n) is 3.49. The second kappa shape index (κ2) is 5.05. The molecule has 0 radical (unpaired) electrons. The van der Waals surface area contributed by atoms with E-state index in [1.165, 1.54) is 5.56 Å². The highest BCUT2D eigenvalue weighted by Gasteiger charge is 2.03. The highest BCUT2D eigenvalue weighted by atomic mass is 32.1. The fourth-order valence-corrected chi connectivity index (χ4v) is 2.00. The van der Waals surface area contributed by atoms with Gasteiger partial charge in [0.05, 0.1) is 11.2 Å². The monoisotopic (exact) mass is 218 g/mol. The number of aromatic nitrogens is 1. The molecule has 0 amide bonds. The molecule has 0 aliphatic carbocycles. The summed E-state index contributed by atoms with van der Waals surface area (Å²) in [7, 11) is 0. The van der Waals surface area contributed by atoms with Crippen LogP contribution in [0.25, 0.3) is 0 Å². The molecule has 0 fully saturated rings. The zero-order valence-corrected chi connectivity index (χ0v) is 9.50. The van der Waals surface area contributed by atoms with Gasteiger partial charge in [0, 0.05) is 18.0 Å². The third kappa shape index (κ3) is 2.88. The molecule has 0 saturated carbocycles. The van der Waals surface area contributed by atoms with E-state index < -0.39 is 0 Å². The Morgan fingerprint density at radius 2 is 2.13 bits per heavy atom. The van der Waals surface area contributed by atoms with Crippen molar-refractivity contribution in [1.29, 1.82) is 0 Å². The summed E-state index contributed by atoms with van der Waals surface area (Å²) in [4.78, 5) is 4.24. The zero-order valence-electron chi connectivity index (χ0n) is 8.68. The number of benzene rings is 1. The molecule has 3 heteroatoms. The largest absolute Gasteiger partial charge is 0.305 e. The first-order valence-electron chi connectivity index (χ1n) is 5.01. The molecule has 78 valence electrons. The van der Waals surface area contributed by atoms with Crippen LogP contribution in [0.4, 0.5) is 0 Å². The lowest BCUT2D eigenvalue weighted by Gasteiger charge is -2.12. The van der Waals surface area contributed by atoms with Crippen LogP contribution in [0.15, 0.2) is 41.2 Å². The van der Waals surface area contributed by atoms with Gasteiger partial charge in [-0.3, -0.25) is 0 Å². The molecule has 0 bridgehead atoms. The van der Waals surface area contributed by atoms with Crippen LogP contribution in [0.3, 0.4) is 0 Å². The zero-order chi connectivity index (χ0) is 10.5. The standard InChI is InChI=1S/C12H14N2S/c1-10(11-5-3-2-4-6-11)13-7-12-8-15-9-14-12/h2-6,8-10,13H,7H2,1H3/t10-/m1/s1. The third-order valence-electron chi connectivity index (χ3n) is 2.37. The van der Waals surface area contributed by atoms with Gasteiger partial charge in [0.2, 0.25) is 0 Å². The van der Waals surface area contributed by atoms with Crippen molar-refractivity contribution < 1.29 is 0 Å². The molecule has 1 aromatic heterocycles. The molecule has 2 aromatic rings. The SMILES string of the molecule is C[C@@H](NCc1cscn1)c1ccccc1.